The number of guanidine groups is 1. The van der Waals surface area contributed by atoms with Gasteiger partial charge in [-0.05, 0) is 36.2 Å². The number of nitrogens with zero attached hydrogens (tertiary/aromatic N) is 1. The number of aryl methyl sites for hydroxylation is 1. The number of hydrogen-bond donors (Lipinski definition) is 2. The van der Waals surface area contributed by atoms with Gasteiger partial charge in [0.1, 0.15) is 0 Å². The molecule has 2 N–H and O–H groups in total. The first-order chi connectivity index (χ1) is 14.2. The lowest BCUT2D eigenvalue weighted by Crippen LogP contribution is -2.36. The van der Waals surface area contributed by atoms with Crippen molar-refractivity contribution in [3.05, 3.63) is 47.0 Å². The van der Waals surface area contributed by atoms with Crippen LogP contribution >= 0.6 is 0 Å². The molecule has 0 bridgehead atoms. The largest absolute Gasteiger partial charge is 0.493 e. The van der Waals surface area contributed by atoms with E-state index in [1.54, 1.807) is 47.4 Å². The van der Waals surface area contributed by atoms with E-state index < -0.39 is 9.84 Å². The first-order valence-corrected chi connectivity index (χ1v) is 11.2. The van der Waals surface area contributed by atoms with Gasteiger partial charge in [-0.25, -0.2) is 8.42 Å². The van der Waals surface area contributed by atoms with Gasteiger partial charge >= 0.3 is 0 Å². The third kappa shape index (κ3) is 5.56. The van der Waals surface area contributed by atoms with Gasteiger partial charge in [0.2, 0.25) is 5.75 Å². The van der Waals surface area contributed by atoms with Crippen molar-refractivity contribution in [1.29, 1.82) is 0 Å². The van der Waals surface area contributed by atoms with E-state index in [0.717, 1.165) is 16.7 Å². The van der Waals surface area contributed by atoms with E-state index in [1.165, 1.54) is 6.26 Å². The molecule has 0 aliphatic carbocycles. The van der Waals surface area contributed by atoms with Crippen molar-refractivity contribution in [1.82, 2.24) is 10.6 Å². The Balaban J connectivity index is 2.07. The molecule has 0 radical (unpaired) electrons. The number of nitrogens with one attached hydrogen (secondary N) is 2. The molecule has 0 aliphatic heterocycles. The van der Waals surface area contributed by atoms with E-state index >= 15 is 0 Å². The zero-order valence-corrected chi connectivity index (χ0v) is 19.0. The second kappa shape index (κ2) is 10.2. The fraction of sp³-hybridized carbons (Fsp3) is 0.381. The number of sulfone groups is 1. The molecule has 0 aliphatic rings. The molecule has 164 valence electrons. The molecule has 0 heterocycles. The first-order valence-electron chi connectivity index (χ1n) is 9.27. The minimum Gasteiger partial charge on any atom is -0.493 e. The zero-order chi connectivity index (χ0) is 22.3. The first kappa shape index (κ1) is 23.3. The topological polar surface area (TPSA) is 98.3 Å². The average molecular weight is 436 g/mol. The SMILES string of the molecule is CN=C(NCc1ccc(S(C)(=O)=O)c(C)c1)NCc1ccc(OC)c(OC)c1OC. The fourth-order valence-corrected chi connectivity index (χ4v) is 4.08. The third-order valence-corrected chi connectivity index (χ3v) is 5.81. The molecule has 0 amide bonds. The van der Waals surface area contributed by atoms with Crippen LogP contribution in [0.3, 0.4) is 0 Å². The van der Waals surface area contributed by atoms with Crippen LogP contribution in [0.15, 0.2) is 40.2 Å². The van der Waals surface area contributed by atoms with E-state index in [-0.39, 0.29) is 0 Å². The van der Waals surface area contributed by atoms with Crippen LogP contribution in [0.1, 0.15) is 16.7 Å². The van der Waals surface area contributed by atoms with Gasteiger partial charge in [0.25, 0.3) is 0 Å². The number of ether oxygens (including phenoxy) is 3. The Morgan fingerprint density at radius 3 is 2.17 bits per heavy atom. The highest BCUT2D eigenvalue weighted by Gasteiger charge is 2.16. The molecule has 9 heteroatoms. The molecule has 30 heavy (non-hydrogen) atoms. The van der Waals surface area contributed by atoms with Crippen LogP contribution in [0.5, 0.6) is 17.2 Å². The highest BCUT2D eigenvalue weighted by Crippen LogP contribution is 2.39. The van der Waals surface area contributed by atoms with Crippen LogP contribution in [0.4, 0.5) is 0 Å². The smallest absolute Gasteiger partial charge is 0.203 e. The van der Waals surface area contributed by atoms with E-state index in [2.05, 4.69) is 15.6 Å². The summed E-state index contributed by atoms with van der Waals surface area (Å²) in [5.74, 6) is 2.31. The van der Waals surface area contributed by atoms with Crippen LogP contribution in [-0.4, -0.2) is 49.0 Å². The summed E-state index contributed by atoms with van der Waals surface area (Å²) in [5, 5.41) is 6.46. The molecule has 0 saturated carbocycles. The molecule has 0 spiro atoms. The normalized spacial score (nSPS) is 11.7. The molecule has 2 rings (SSSR count). The van der Waals surface area contributed by atoms with Gasteiger partial charge in [-0.2, -0.15) is 0 Å². The standard InChI is InChI=1S/C21H29N3O5S/c1-14-11-15(7-10-18(14)30(6,25)26)12-23-21(22-2)24-13-16-8-9-17(27-3)20(29-5)19(16)28-4/h7-11H,12-13H2,1-6H3,(H2,22,23,24). The Labute approximate surface area is 178 Å². The summed E-state index contributed by atoms with van der Waals surface area (Å²) in [6, 6.07) is 9.00. The Kier molecular flexibility index (Phi) is 7.93. The van der Waals surface area contributed by atoms with Crippen molar-refractivity contribution in [3.63, 3.8) is 0 Å². The van der Waals surface area contributed by atoms with Crippen molar-refractivity contribution in [2.45, 2.75) is 24.9 Å². The van der Waals surface area contributed by atoms with Gasteiger partial charge in [-0.1, -0.05) is 12.1 Å². The second-order valence-electron chi connectivity index (χ2n) is 6.64. The zero-order valence-electron chi connectivity index (χ0n) is 18.2. The summed E-state index contributed by atoms with van der Waals surface area (Å²) in [6.45, 7) is 2.74. The fourth-order valence-electron chi connectivity index (χ4n) is 3.13. The minimum atomic E-state index is -3.23. The highest BCUT2D eigenvalue weighted by atomic mass is 32.2. The van der Waals surface area contributed by atoms with E-state index in [4.69, 9.17) is 14.2 Å². The van der Waals surface area contributed by atoms with Crippen molar-refractivity contribution in [2.75, 3.05) is 34.6 Å². The van der Waals surface area contributed by atoms with Crippen LogP contribution in [-0.2, 0) is 22.9 Å². The van der Waals surface area contributed by atoms with Gasteiger partial charge in [0.15, 0.2) is 27.3 Å². The molecule has 0 unspecified atom stereocenters. The highest BCUT2D eigenvalue weighted by molar-refractivity contribution is 7.90. The van der Waals surface area contributed by atoms with Gasteiger partial charge in [0.05, 0.1) is 26.2 Å². The minimum absolute atomic E-state index is 0.342. The number of aliphatic imine (C=N–C) groups is 1. The van der Waals surface area contributed by atoms with Crippen LogP contribution in [0.2, 0.25) is 0 Å². The summed E-state index contributed by atoms with van der Waals surface area (Å²) >= 11 is 0. The number of methoxy groups -OCH3 is 3. The number of rotatable bonds is 8. The van der Waals surface area contributed by atoms with Crippen molar-refractivity contribution < 1.29 is 22.6 Å². The maximum absolute atomic E-state index is 11.8. The Morgan fingerprint density at radius 2 is 1.63 bits per heavy atom. The summed E-state index contributed by atoms with van der Waals surface area (Å²) in [7, 11) is 3.17. The lowest BCUT2D eigenvalue weighted by atomic mass is 10.1. The Hall–Kier alpha value is -2.94. The maximum Gasteiger partial charge on any atom is 0.203 e. The molecule has 0 saturated heterocycles. The maximum atomic E-state index is 11.8. The van der Waals surface area contributed by atoms with Crippen LogP contribution in [0.25, 0.3) is 0 Å². The van der Waals surface area contributed by atoms with Crippen LogP contribution < -0.4 is 24.8 Å². The number of benzene rings is 2. The van der Waals surface area contributed by atoms with Crippen molar-refractivity contribution >= 4 is 15.8 Å². The Morgan fingerprint density at radius 1 is 0.967 bits per heavy atom. The molecular formula is C21H29N3O5S. The van der Waals surface area contributed by atoms with Gasteiger partial charge < -0.3 is 24.8 Å². The summed E-state index contributed by atoms with van der Waals surface area (Å²) < 4.78 is 39.8. The van der Waals surface area contributed by atoms with E-state index in [0.29, 0.717) is 41.2 Å². The van der Waals surface area contributed by atoms with E-state index in [1.807, 2.05) is 18.2 Å². The second-order valence-corrected chi connectivity index (χ2v) is 8.63. The van der Waals surface area contributed by atoms with Gasteiger partial charge in [-0.3, -0.25) is 4.99 Å². The number of hydrogen-bond acceptors (Lipinski definition) is 6. The van der Waals surface area contributed by atoms with Gasteiger partial charge in [0, 0.05) is 32.0 Å². The molecule has 0 fully saturated rings. The predicted molar refractivity (Wildman–Crippen MR) is 117 cm³/mol. The van der Waals surface area contributed by atoms with Gasteiger partial charge in [-0.15, -0.1) is 0 Å². The molecule has 0 aromatic heterocycles. The van der Waals surface area contributed by atoms with E-state index in [9.17, 15) is 8.42 Å². The molecule has 2 aromatic rings. The summed E-state index contributed by atoms with van der Waals surface area (Å²) in [4.78, 5) is 4.57. The molecule has 0 atom stereocenters. The monoisotopic (exact) mass is 435 g/mol. The molecular weight excluding hydrogens is 406 g/mol. The van der Waals surface area contributed by atoms with Crippen molar-refractivity contribution in [3.8, 4) is 17.2 Å². The predicted octanol–water partition coefficient (Wildman–Crippen LogP) is 2.29. The summed E-state index contributed by atoms with van der Waals surface area (Å²) in [6.07, 6.45) is 1.21. The molecule has 2 aromatic carbocycles. The van der Waals surface area contributed by atoms with Crippen LogP contribution in [0, 0.1) is 6.92 Å². The lowest BCUT2D eigenvalue weighted by Gasteiger charge is -2.17. The van der Waals surface area contributed by atoms with Crippen molar-refractivity contribution in [2.24, 2.45) is 4.99 Å². The quantitative estimate of drug-likeness (QED) is 0.485. The third-order valence-electron chi connectivity index (χ3n) is 4.55. The lowest BCUT2D eigenvalue weighted by molar-refractivity contribution is 0.322. The Bertz CT molecular complexity index is 1020. The summed E-state index contributed by atoms with van der Waals surface area (Å²) in [5.41, 5.74) is 2.55. The average Bonchev–Trinajstić information content (AvgIpc) is 2.72. The molecule has 8 nitrogen and oxygen atoms in total.